The summed E-state index contributed by atoms with van der Waals surface area (Å²) in [7, 11) is 1.56. The van der Waals surface area contributed by atoms with Crippen LogP contribution >= 0.6 is 0 Å². The molecule has 0 spiro atoms. The largest absolute Gasteiger partial charge is 0.496 e. The van der Waals surface area contributed by atoms with Gasteiger partial charge in [0.25, 0.3) is 5.91 Å². The molecule has 0 aromatic heterocycles. The zero-order chi connectivity index (χ0) is 19.2. The van der Waals surface area contributed by atoms with Crippen molar-refractivity contribution in [2.45, 2.75) is 19.8 Å². The first-order chi connectivity index (χ1) is 13.1. The summed E-state index contributed by atoms with van der Waals surface area (Å²) >= 11 is 0. The van der Waals surface area contributed by atoms with E-state index in [4.69, 9.17) is 9.47 Å². The van der Waals surface area contributed by atoms with Crippen molar-refractivity contribution in [1.82, 2.24) is 4.90 Å². The standard InChI is InChI=1S/C22H25NO4/c1-3-27-22(25)18-10-7-13-23(15-18)21(24)19-14-17(11-12-20(19)26-2)16-8-5-4-6-9-16/h4-6,8-9,11-12,14,18H,3,7,10,13,15H2,1-2H3. The van der Waals surface area contributed by atoms with E-state index in [0.717, 1.165) is 24.0 Å². The zero-order valence-electron chi connectivity index (χ0n) is 15.8. The number of carbonyl (C=O) groups is 2. The third-order valence-corrected chi connectivity index (χ3v) is 4.87. The molecule has 1 fully saturated rings. The van der Waals surface area contributed by atoms with Gasteiger partial charge in [0.1, 0.15) is 5.75 Å². The zero-order valence-corrected chi connectivity index (χ0v) is 15.8. The Hall–Kier alpha value is -2.82. The first-order valence-electron chi connectivity index (χ1n) is 9.33. The van der Waals surface area contributed by atoms with Gasteiger partial charge in [-0.3, -0.25) is 9.59 Å². The molecular weight excluding hydrogens is 342 g/mol. The summed E-state index contributed by atoms with van der Waals surface area (Å²) in [5, 5.41) is 0. The van der Waals surface area contributed by atoms with Crippen LogP contribution in [-0.2, 0) is 9.53 Å². The molecule has 2 aromatic rings. The first-order valence-corrected chi connectivity index (χ1v) is 9.33. The molecule has 1 heterocycles. The van der Waals surface area contributed by atoms with Crippen LogP contribution in [0.2, 0.25) is 0 Å². The van der Waals surface area contributed by atoms with Gasteiger partial charge in [-0.15, -0.1) is 0 Å². The fourth-order valence-electron chi connectivity index (χ4n) is 3.47. The second kappa shape index (κ2) is 8.71. The Morgan fingerprint density at radius 2 is 1.89 bits per heavy atom. The molecule has 0 bridgehead atoms. The van der Waals surface area contributed by atoms with Gasteiger partial charge in [0.05, 0.1) is 25.2 Å². The van der Waals surface area contributed by atoms with Gasteiger partial charge < -0.3 is 14.4 Å². The third kappa shape index (κ3) is 4.30. The van der Waals surface area contributed by atoms with Gasteiger partial charge in [-0.25, -0.2) is 0 Å². The summed E-state index contributed by atoms with van der Waals surface area (Å²) in [6.45, 7) is 3.17. The van der Waals surface area contributed by atoms with Crippen LogP contribution < -0.4 is 4.74 Å². The number of amides is 1. The monoisotopic (exact) mass is 367 g/mol. The Balaban J connectivity index is 1.85. The number of methoxy groups -OCH3 is 1. The molecule has 142 valence electrons. The molecule has 0 saturated carbocycles. The van der Waals surface area contributed by atoms with E-state index in [2.05, 4.69) is 0 Å². The lowest BCUT2D eigenvalue weighted by atomic mass is 9.96. The van der Waals surface area contributed by atoms with E-state index in [-0.39, 0.29) is 17.8 Å². The van der Waals surface area contributed by atoms with E-state index in [9.17, 15) is 9.59 Å². The van der Waals surface area contributed by atoms with E-state index in [1.807, 2.05) is 48.5 Å². The topological polar surface area (TPSA) is 55.8 Å². The van der Waals surface area contributed by atoms with Gasteiger partial charge in [-0.2, -0.15) is 0 Å². The molecule has 3 rings (SSSR count). The molecule has 27 heavy (non-hydrogen) atoms. The quantitative estimate of drug-likeness (QED) is 0.755. The Labute approximate surface area is 159 Å². The lowest BCUT2D eigenvalue weighted by Crippen LogP contribution is -2.42. The average Bonchev–Trinajstić information content (AvgIpc) is 2.73. The van der Waals surface area contributed by atoms with Crippen molar-refractivity contribution in [3.63, 3.8) is 0 Å². The maximum absolute atomic E-state index is 13.2. The Morgan fingerprint density at radius 3 is 2.59 bits per heavy atom. The van der Waals surface area contributed by atoms with Gasteiger partial charge in [-0.1, -0.05) is 36.4 Å². The van der Waals surface area contributed by atoms with Crippen LogP contribution in [-0.4, -0.2) is 43.6 Å². The van der Waals surface area contributed by atoms with Crippen molar-refractivity contribution in [2.24, 2.45) is 5.92 Å². The van der Waals surface area contributed by atoms with Crippen molar-refractivity contribution >= 4 is 11.9 Å². The summed E-state index contributed by atoms with van der Waals surface area (Å²) in [6, 6.07) is 15.5. The molecule has 0 radical (unpaired) electrons. The van der Waals surface area contributed by atoms with Crippen LogP contribution in [0.5, 0.6) is 5.75 Å². The van der Waals surface area contributed by atoms with Gasteiger partial charge >= 0.3 is 5.97 Å². The van der Waals surface area contributed by atoms with E-state index in [1.165, 1.54) is 0 Å². The third-order valence-electron chi connectivity index (χ3n) is 4.87. The highest BCUT2D eigenvalue weighted by Crippen LogP contribution is 2.29. The number of benzene rings is 2. The molecule has 1 amide bonds. The van der Waals surface area contributed by atoms with Crippen LogP contribution in [0.4, 0.5) is 0 Å². The molecule has 0 N–H and O–H groups in total. The van der Waals surface area contributed by atoms with Crippen LogP contribution in [0.15, 0.2) is 48.5 Å². The fourth-order valence-corrected chi connectivity index (χ4v) is 3.47. The highest BCUT2D eigenvalue weighted by Gasteiger charge is 2.31. The number of piperidine rings is 1. The molecule has 1 unspecified atom stereocenters. The number of ether oxygens (including phenoxy) is 2. The highest BCUT2D eigenvalue weighted by atomic mass is 16.5. The van der Waals surface area contributed by atoms with Crippen molar-refractivity contribution in [1.29, 1.82) is 0 Å². The summed E-state index contributed by atoms with van der Waals surface area (Å²) in [5.74, 6) is -0.0532. The molecular formula is C22H25NO4. The number of nitrogens with zero attached hydrogens (tertiary/aromatic N) is 1. The second-order valence-electron chi connectivity index (χ2n) is 6.62. The fraction of sp³-hybridized carbons (Fsp3) is 0.364. The van der Waals surface area contributed by atoms with Crippen molar-refractivity contribution in [3.8, 4) is 16.9 Å². The summed E-state index contributed by atoms with van der Waals surface area (Å²) in [5.41, 5.74) is 2.51. The summed E-state index contributed by atoms with van der Waals surface area (Å²) in [6.07, 6.45) is 1.54. The SMILES string of the molecule is CCOC(=O)C1CCCN(C(=O)c2cc(-c3ccccc3)ccc2OC)C1. The van der Waals surface area contributed by atoms with Gasteiger partial charge in [0, 0.05) is 13.1 Å². The number of likely N-dealkylation sites (tertiary alicyclic amines) is 1. The summed E-state index contributed by atoms with van der Waals surface area (Å²) in [4.78, 5) is 27.0. The van der Waals surface area contributed by atoms with Crippen LogP contribution in [0.25, 0.3) is 11.1 Å². The number of hydrogen-bond donors (Lipinski definition) is 0. The molecule has 0 aliphatic carbocycles. The Bertz CT molecular complexity index is 803. The van der Waals surface area contributed by atoms with E-state index < -0.39 is 0 Å². The minimum Gasteiger partial charge on any atom is -0.496 e. The maximum atomic E-state index is 13.2. The predicted molar refractivity (Wildman–Crippen MR) is 104 cm³/mol. The average molecular weight is 367 g/mol. The smallest absolute Gasteiger partial charge is 0.310 e. The first kappa shape index (κ1) is 19.0. The molecule has 1 aliphatic heterocycles. The van der Waals surface area contributed by atoms with E-state index >= 15 is 0 Å². The maximum Gasteiger partial charge on any atom is 0.310 e. The number of esters is 1. The number of hydrogen-bond acceptors (Lipinski definition) is 4. The van der Waals surface area contributed by atoms with Gasteiger partial charge in [0.15, 0.2) is 0 Å². The molecule has 5 nitrogen and oxygen atoms in total. The normalized spacial score (nSPS) is 16.7. The number of carbonyl (C=O) groups excluding carboxylic acids is 2. The second-order valence-corrected chi connectivity index (χ2v) is 6.62. The minimum absolute atomic E-state index is 0.112. The minimum atomic E-state index is -0.258. The Morgan fingerprint density at radius 1 is 1.11 bits per heavy atom. The van der Waals surface area contributed by atoms with Crippen molar-refractivity contribution in [3.05, 3.63) is 54.1 Å². The molecule has 5 heteroatoms. The predicted octanol–water partition coefficient (Wildman–Crippen LogP) is 3.78. The molecule has 1 atom stereocenters. The van der Waals surface area contributed by atoms with E-state index in [1.54, 1.807) is 18.9 Å². The Kier molecular flexibility index (Phi) is 6.12. The summed E-state index contributed by atoms with van der Waals surface area (Å²) < 4.78 is 10.6. The molecule has 2 aromatic carbocycles. The van der Waals surface area contributed by atoms with Gasteiger partial charge in [0.2, 0.25) is 0 Å². The highest BCUT2D eigenvalue weighted by molar-refractivity contribution is 5.98. The van der Waals surface area contributed by atoms with Crippen molar-refractivity contribution < 1.29 is 19.1 Å². The van der Waals surface area contributed by atoms with Crippen LogP contribution in [0.3, 0.4) is 0 Å². The lowest BCUT2D eigenvalue weighted by Gasteiger charge is -2.32. The molecule has 1 aliphatic rings. The lowest BCUT2D eigenvalue weighted by molar-refractivity contribution is -0.149. The van der Waals surface area contributed by atoms with Crippen molar-refractivity contribution in [2.75, 3.05) is 26.8 Å². The van der Waals surface area contributed by atoms with E-state index in [0.29, 0.717) is 31.0 Å². The molecule has 1 saturated heterocycles. The van der Waals surface area contributed by atoms with Gasteiger partial charge in [-0.05, 0) is 43.0 Å². The van der Waals surface area contributed by atoms with Crippen LogP contribution in [0.1, 0.15) is 30.1 Å². The number of rotatable bonds is 5. The van der Waals surface area contributed by atoms with Crippen LogP contribution in [0, 0.1) is 5.92 Å².